The molecule has 2 aliphatic carbocycles. The Labute approximate surface area is 84.9 Å². The van der Waals surface area contributed by atoms with Crippen molar-refractivity contribution in [1.29, 1.82) is 0 Å². The van der Waals surface area contributed by atoms with Gasteiger partial charge >= 0.3 is 42.1 Å². The standard InChI is InChI=1S/C7H10.3ClH.Rh/c1-2-7-4-3-6(1)5-7;;;;/h1-2,6-7H,3-5H2;3*1H;/q;;;;+3/p-3. The Bertz CT molecular complexity index is 132. The molecule has 0 aromatic heterocycles. The van der Waals surface area contributed by atoms with Crippen molar-refractivity contribution in [1.82, 2.24) is 0 Å². The third-order valence-electron chi connectivity index (χ3n) is 2.17. The third-order valence-corrected chi connectivity index (χ3v) is 2.17. The Morgan fingerprint density at radius 3 is 1.45 bits per heavy atom. The Kier molecular flexibility index (Phi) is 4.75. The first-order valence-corrected chi connectivity index (χ1v) is 9.84. The van der Waals surface area contributed by atoms with E-state index in [0.29, 0.717) is 0 Å². The van der Waals surface area contributed by atoms with Gasteiger partial charge in [-0.25, -0.2) is 0 Å². The second-order valence-electron chi connectivity index (χ2n) is 2.86. The quantitative estimate of drug-likeness (QED) is 0.468. The molecule has 68 valence electrons. The van der Waals surface area contributed by atoms with Crippen molar-refractivity contribution in [3.8, 4) is 0 Å². The van der Waals surface area contributed by atoms with Gasteiger partial charge in [0.2, 0.25) is 0 Å². The number of halogens is 3. The van der Waals surface area contributed by atoms with E-state index in [1.54, 1.807) is 0 Å². The minimum absolute atomic E-state index is 0.991. The Morgan fingerprint density at radius 1 is 1.00 bits per heavy atom. The van der Waals surface area contributed by atoms with E-state index in [0.717, 1.165) is 11.8 Å². The van der Waals surface area contributed by atoms with Crippen molar-refractivity contribution in [2.24, 2.45) is 11.8 Å². The van der Waals surface area contributed by atoms with Gasteiger partial charge in [0.05, 0.1) is 0 Å². The van der Waals surface area contributed by atoms with Gasteiger partial charge in [-0.15, -0.1) is 0 Å². The van der Waals surface area contributed by atoms with Gasteiger partial charge in [0.1, 0.15) is 0 Å². The van der Waals surface area contributed by atoms with Crippen molar-refractivity contribution in [2.75, 3.05) is 0 Å². The minimum atomic E-state index is -1.66. The first kappa shape index (κ1) is 10.3. The molecule has 0 spiro atoms. The van der Waals surface area contributed by atoms with Crippen LogP contribution in [0.25, 0.3) is 0 Å². The van der Waals surface area contributed by atoms with Gasteiger partial charge in [0, 0.05) is 0 Å². The second kappa shape index (κ2) is 5.07. The average Bonchev–Trinajstić information content (AvgIpc) is 2.45. The van der Waals surface area contributed by atoms with E-state index in [1.165, 1.54) is 19.3 Å². The normalized spacial score (nSPS) is 33.2. The average molecular weight is 303 g/mol. The van der Waals surface area contributed by atoms with Crippen LogP contribution in [0.15, 0.2) is 12.2 Å². The topological polar surface area (TPSA) is 0 Å². The summed E-state index contributed by atoms with van der Waals surface area (Å²) in [7, 11) is 14.8. The van der Waals surface area contributed by atoms with Crippen LogP contribution in [0.2, 0.25) is 0 Å². The number of hydrogen-bond donors (Lipinski definition) is 0. The van der Waals surface area contributed by atoms with Gasteiger partial charge in [-0.2, -0.15) is 0 Å². The third kappa shape index (κ3) is 4.13. The van der Waals surface area contributed by atoms with Gasteiger partial charge in [-0.1, -0.05) is 12.2 Å². The summed E-state index contributed by atoms with van der Waals surface area (Å²) in [5.74, 6) is 1.98. The molecule has 2 rings (SSSR count). The van der Waals surface area contributed by atoms with Crippen molar-refractivity contribution < 1.29 is 13.0 Å². The molecule has 1 fully saturated rings. The molecule has 1 saturated carbocycles. The summed E-state index contributed by atoms with van der Waals surface area (Å²) >= 11 is -1.66. The molecule has 0 aliphatic heterocycles. The van der Waals surface area contributed by atoms with Gasteiger partial charge in [-0.3, -0.25) is 0 Å². The van der Waals surface area contributed by atoms with E-state index in [-0.39, 0.29) is 0 Å². The summed E-state index contributed by atoms with van der Waals surface area (Å²) < 4.78 is 0. The zero-order valence-electron chi connectivity index (χ0n) is 5.90. The van der Waals surface area contributed by atoms with Crippen molar-refractivity contribution >= 4 is 29.1 Å². The number of rotatable bonds is 0. The molecule has 2 atom stereocenters. The van der Waals surface area contributed by atoms with E-state index >= 15 is 0 Å². The van der Waals surface area contributed by atoms with E-state index in [9.17, 15) is 0 Å². The summed E-state index contributed by atoms with van der Waals surface area (Å²) in [4.78, 5) is 0. The van der Waals surface area contributed by atoms with E-state index < -0.39 is 13.0 Å². The molecule has 0 amide bonds. The molecular formula is C7H10Cl3Rh. The van der Waals surface area contributed by atoms with Crippen LogP contribution < -0.4 is 0 Å². The van der Waals surface area contributed by atoms with Gasteiger partial charge in [0.15, 0.2) is 0 Å². The van der Waals surface area contributed by atoms with Crippen LogP contribution in [0, 0.1) is 11.8 Å². The summed E-state index contributed by atoms with van der Waals surface area (Å²) in [6, 6.07) is 0. The maximum atomic E-state index is 4.94. The molecule has 2 unspecified atom stereocenters. The van der Waals surface area contributed by atoms with Crippen LogP contribution in [-0.2, 0) is 13.0 Å². The molecule has 0 nitrogen and oxygen atoms in total. The van der Waals surface area contributed by atoms with Crippen LogP contribution in [0.5, 0.6) is 0 Å². The van der Waals surface area contributed by atoms with Crippen LogP contribution in [0.3, 0.4) is 0 Å². The predicted octanol–water partition coefficient (Wildman–Crippen LogP) is 4.04. The Hall–Kier alpha value is 1.23. The molecule has 0 N–H and O–H groups in total. The molecule has 0 aromatic rings. The SMILES string of the molecule is C1=CC2CCC1C2.[Cl][Rh]([Cl])[Cl]. The molecule has 4 heteroatoms. The molecule has 0 saturated heterocycles. The summed E-state index contributed by atoms with van der Waals surface area (Å²) in [6.45, 7) is 0. The number of fused-ring (bicyclic) bond motifs is 2. The summed E-state index contributed by atoms with van der Waals surface area (Å²) in [5, 5.41) is 0. The maximum absolute atomic E-state index is 4.94. The fraction of sp³-hybridized carbons (Fsp3) is 0.714. The van der Waals surface area contributed by atoms with Gasteiger partial charge < -0.3 is 0 Å². The van der Waals surface area contributed by atoms with E-state index in [2.05, 4.69) is 12.2 Å². The monoisotopic (exact) mass is 302 g/mol. The summed E-state index contributed by atoms with van der Waals surface area (Å²) in [6.07, 6.45) is 9.19. The fourth-order valence-corrected chi connectivity index (χ4v) is 1.72. The van der Waals surface area contributed by atoms with Gasteiger partial charge in [-0.05, 0) is 31.1 Å². The van der Waals surface area contributed by atoms with Crippen molar-refractivity contribution in [3.05, 3.63) is 12.2 Å². The molecule has 2 aliphatic rings. The van der Waals surface area contributed by atoms with Crippen molar-refractivity contribution in [3.63, 3.8) is 0 Å². The number of allylic oxidation sites excluding steroid dienone is 2. The molecule has 11 heavy (non-hydrogen) atoms. The zero-order chi connectivity index (χ0) is 8.27. The van der Waals surface area contributed by atoms with Crippen LogP contribution >= 0.6 is 29.1 Å². The molecular weight excluding hydrogens is 293 g/mol. The Balaban J connectivity index is 0.000000134. The van der Waals surface area contributed by atoms with Gasteiger partial charge in [0.25, 0.3) is 0 Å². The predicted molar refractivity (Wildman–Crippen MR) is 47.5 cm³/mol. The van der Waals surface area contributed by atoms with E-state index in [1.807, 2.05) is 0 Å². The van der Waals surface area contributed by atoms with Crippen LogP contribution in [0.4, 0.5) is 0 Å². The fourth-order valence-electron chi connectivity index (χ4n) is 1.72. The first-order chi connectivity index (χ1) is 5.18. The second-order valence-corrected chi connectivity index (χ2v) is 10.3. The zero-order valence-corrected chi connectivity index (χ0v) is 9.80. The molecule has 0 aromatic carbocycles. The molecule has 0 radical (unpaired) electrons. The first-order valence-electron chi connectivity index (χ1n) is 3.51. The number of hydrogen-bond acceptors (Lipinski definition) is 0. The van der Waals surface area contributed by atoms with Crippen LogP contribution in [-0.4, -0.2) is 0 Å². The molecule has 2 bridgehead atoms. The Morgan fingerprint density at radius 2 is 1.36 bits per heavy atom. The van der Waals surface area contributed by atoms with Crippen LogP contribution in [0.1, 0.15) is 19.3 Å². The van der Waals surface area contributed by atoms with Crippen molar-refractivity contribution in [2.45, 2.75) is 19.3 Å². The van der Waals surface area contributed by atoms with E-state index in [4.69, 9.17) is 29.1 Å². The molecule has 0 heterocycles. The summed E-state index contributed by atoms with van der Waals surface area (Å²) in [5.41, 5.74) is 0.